The summed E-state index contributed by atoms with van der Waals surface area (Å²) in [7, 11) is 0. The van der Waals surface area contributed by atoms with Gasteiger partial charge in [-0.25, -0.2) is 0 Å². The predicted octanol–water partition coefficient (Wildman–Crippen LogP) is 2.06. The van der Waals surface area contributed by atoms with E-state index in [0.29, 0.717) is 5.57 Å². The molecule has 1 saturated carbocycles. The van der Waals surface area contributed by atoms with E-state index >= 15 is 0 Å². The highest BCUT2D eigenvalue weighted by molar-refractivity contribution is 7.80. The molecule has 64 valence electrons. The summed E-state index contributed by atoms with van der Waals surface area (Å²) in [6, 6.07) is 2.08. The number of rotatable bonds is 1. The molecular formula is C9H12N2S. The molecule has 0 aliphatic heterocycles. The molecule has 0 amide bonds. The molecule has 0 aromatic rings. The van der Waals surface area contributed by atoms with Crippen LogP contribution in [0.1, 0.15) is 32.1 Å². The Morgan fingerprint density at radius 3 is 2.33 bits per heavy atom. The first-order valence-corrected chi connectivity index (χ1v) is 4.58. The average Bonchev–Trinajstić information content (AvgIpc) is 2.07. The monoisotopic (exact) mass is 180 g/mol. The Labute approximate surface area is 78.1 Å². The molecule has 0 heterocycles. The summed E-state index contributed by atoms with van der Waals surface area (Å²) in [6.07, 6.45) is 5.60. The normalized spacial score (nSPS) is 16.8. The number of nitriles is 1. The summed E-state index contributed by atoms with van der Waals surface area (Å²) < 4.78 is 0. The second kappa shape index (κ2) is 4.22. The highest BCUT2D eigenvalue weighted by Gasteiger charge is 2.12. The number of allylic oxidation sites excluding steroid dienone is 1. The third-order valence-electron chi connectivity index (χ3n) is 2.17. The molecule has 0 saturated heterocycles. The number of hydrogen-bond donors (Lipinski definition) is 1. The van der Waals surface area contributed by atoms with Crippen LogP contribution in [0.2, 0.25) is 0 Å². The Morgan fingerprint density at radius 2 is 1.92 bits per heavy atom. The van der Waals surface area contributed by atoms with Gasteiger partial charge >= 0.3 is 0 Å². The van der Waals surface area contributed by atoms with Crippen LogP contribution in [0.5, 0.6) is 0 Å². The second-order valence-corrected chi connectivity index (χ2v) is 3.46. The molecule has 0 spiro atoms. The van der Waals surface area contributed by atoms with Crippen molar-refractivity contribution in [2.75, 3.05) is 0 Å². The lowest BCUT2D eigenvalue weighted by atomic mass is 9.91. The second-order valence-electron chi connectivity index (χ2n) is 3.02. The molecule has 0 radical (unpaired) electrons. The smallest absolute Gasteiger partial charge is 0.114 e. The van der Waals surface area contributed by atoms with Gasteiger partial charge in [0.15, 0.2) is 0 Å². The van der Waals surface area contributed by atoms with E-state index in [9.17, 15) is 0 Å². The minimum absolute atomic E-state index is 0.259. The molecular weight excluding hydrogens is 168 g/mol. The fraction of sp³-hybridized carbons (Fsp3) is 0.556. The lowest BCUT2D eigenvalue weighted by Crippen LogP contribution is -2.13. The van der Waals surface area contributed by atoms with Crippen molar-refractivity contribution in [3.05, 3.63) is 11.1 Å². The molecule has 0 atom stereocenters. The van der Waals surface area contributed by atoms with Crippen molar-refractivity contribution in [3.63, 3.8) is 0 Å². The van der Waals surface area contributed by atoms with Crippen molar-refractivity contribution in [2.24, 2.45) is 5.73 Å². The molecule has 1 rings (SSSR count). The maximum absolute atomic E-state index is 8.77. The Bertz CT molecular complexity index is 252. The van der Waals surface area contributed by atoms with Gasteiger partial charge in [0.1, 0.15) is 11.1 Å². The van der Waals surface area contributed by atoms with Gasteiger partial charge in [-0.15, -0.1) is 0 Å². The molecule has 0 aromatic heterocycles. The third-order valence-corrected chi connectivity index (χ3v) is 2.37. The Kier molecular flexibility index (Phi) is 3.24. The van der Waals surface area contributed by atoms with Crippen LogP contribution in [-0.2, 0) is 0 Å². The molecule has 0 unspecified atom stereocenters. The number of thiocarbonyl (C=S) groups is 1. The van der Waals surface area contributed by atoms with E-state index in [1.54, 1.807) is 0 Å². The van der Waals surface area contributed by atoms with Gasteiger partial charge in [-0.05, 0) is 31.3 Å². The van der Waals surface area contributed by atoms with Gasteiger partial charge in [-0.3, -0.25) is 0 Å². The summed E-state index contributed by atoms with van der Waals surface area (Å²) in [6.45, 7) is 0. The summed E-state index contributed by atoms with van der Waals surface area (Å²) in [5.74, 6) is 0. The van der Waals surface area contributed by atoms with Crippen LogP contribution >= 0.6 is 12.2 Å². The van der Waals surface area contributed by atoms with E-state index in [0.717, 1.165) is 18.4 Å². The van der Waals surface area contributed by atoms with Crippen LogP contribution in [0.4, 0.5) is 0 Å². The largest absolute Gasteiger partial charge is 0.389 e. The zero-order valence-electron chi connectivity index (χ0n) is 6.97. The molecule has 12 heavy (non-hydrogen) atoms. The predicted molar refractivity (Wildman–Crippen MR) is 52.5 cm³/mol. The van der Waals surface area contributed by atoms with Gasteiger partial charge in [0, 0.05) is 0 Å². The lowest BCUT2D eigenvalue weighted by molar-refractivity contribution is 0.597. The van der Waals surface area contributed by atoms with Crippen LogP contribution in [0.25, 0.3) is 0 Å². The molecule has 1 fully saturated rings. The van der Waals surface area contributed by atoms with E-state index < -0.39 is 0 Å². The highest BCUT2D eigenvalue weighted by Crippen LogP contribution is 2.25. The number of nitrogens with zero attached hydrogens (tertiary/aromatic N) is 1. The van der Waals surface area contributed by atoms with Crippen LogP contribution in [0.3, 0.4) is 0 Å². The molecule has 1 aliphatic carbocycles. The van der Waals surface area contributed by atoms with Crippen molar-refractivity contribution in [2.45, 2.75) is 32.1 Å². The van der Waals surface area contributed by atoms with Crippen molar-refractivity contribution < 1.29 is 0 Å². The molecule has 3 heteroatoms. The molecule has 1 aliphatic rings. The van der Waals surface area contributed by atoms with Crippen LogP contribution < -0.4 is 5.73 Å². The maximum atomic E-state index is 8.77. The SMILES string of the molecule is N#CC(C(N)=S)=C1CCCCC1. The van der Waals surface area contributed by atoms with E-state index in [2.05, 4.69) is 6.07 Å². The maximum Gasteiger partial charge on any atom is 0.114 e. The van der Waals surface area contributed by atoms with Crippen molar-refractivity contribution in [1.29, 1.82) is 5.26 Å². The molecule has 0 aromatic carbocycles. The third kappa shape index (κ3) is 2.05. The Morgan fingerprint density at radius 1 is 1.33 bits per heavy atom. The van der Waals surface area contributed by atoms with E-state index in [-0.39, 0.29) is 4.99 Å². The van der Waals surface area contributed by atoms with E-state index in [4.69, 9.17) is 23.2 Å². The van der Waals surface area contributed by atoms with Gasteiger partial charge < -0.3 is 5.73 Å². The molecule has 2 nitrogen and oxygen atoms in total. The fourth-order valence-corrected chi connectivity index (χ4v) is 1.73. The highest BCUT2D eigenvalue weighted by atomic mass is 32.1. The van der Waals surface area contributed by atoms with Crippen LogP contribution in [0, 0.1) is 11.3 Å². The lowest BCUT2D eigenvalue weighted by Gasteiger charge is -2.14. The zero-order chi connectivity index (χ0) is 8.97. The zero-order valence-corrected chi connectivity index (χ0v) is 7.78. The molecule has 2 N–H and O–H groups in total. The first-order valence-electron chi connectivity index (χ1n) is 4.17. The quantitative estimate of drug-likeness (QED) is 0.382. The minimum atomic E-state index is 0.259. The summed E-state index contributed by atoms with van der Waals surface area (Å²) in [5.41, 5.74) is 7.15. The van der Waals surface area contributed by atoms with Crippen LogP contribution in [0.15, 0.2) is 11.1 Å². The minimum Gasteiger partial charge on any atom is -0.389 e. The Hall–Kier alpha value is -0.880. The van der Waals surface area contributed by atoms with Gasteiger partial charge in [0.25, 0.3) is 0 Å². The first-order chi connectivity index (χ1) is 5.75. The van der Waals surface area contributed by atoms with Gasteiger partial charge in [-0.2, -0.15) is 5.26 Å². The average molecular weight is 180 g/mol. The van der Waals surface area contributed by atoms with Crippen molar-refractivity contribution in [3.8, 4) is 6.07 Å². The molecule has 0 bridgehead atoms. The van der Waals surface area contributed by atoms with Crippen molar-refractivity contribution in [1.82, 2.24) is 0 Å². The Balaban J connectivity index is 2.84. The van der Waals surface area contributed by atoms with Gasteiger partial charge in [-0.1, -0.05) is 18.6 Å². The van der Waals surface area contributed by atoms with Gasteiger partial charge in [0.2, 0.25) is 0 Å². The van der Waals surface area contributed by atoms with Gasteiger partial charge in [0.05, 0.1) is 5.57 Å². The summed E-state index contributed by atoms with van der Waals surface area (Å²) >= 11 is 4.79. The van der Waals surface area contributed by atoms with E-state index in [1.807, 2.05) is 0 Å². The summed E-state index contributed by atoms with van der Waals surface area (Å²) in [5, 5.41) is 8.77. The van der Waals surface area contributed by atoms with E-state index in [1.165, 1.54) is 19.3 Å². The first kappa shape index (κ1) is 9.21. The fourth-order valence-electron chi connectivity index (χ4n) is 1.54. The van der Waals surface area contributed by atoms with Crippen molar-refractivity contribution >= 4 is 17.2 Å². The standard InChI is InChI=1S/C9H12N2S/c10-6-8(9(11)12)7-4-2-1-3-5-7/h1-5H2,(H2,11,12). The number of nitrogens with two attached hydrogens (primary N) is 1. The number of hydrogen-bond acceptors (Lipinski definition) is 2. The topological polar surface area (TPSA) is 49.8 Å². The summed E-state index contributed by atoms with van der Waals surface area (Å²) in [4.78, 5) is 0.259. The van der Waals surface area contributed by atoms with Crippen LogP contribution in [-0.4, -0.2) is 4.99 Å².